The molecular weight excluding hydrogens is 635 g/mol. The van der Waals surface area contributed by atoms with Crippen LogP contribution in [0.5, 0.6) is 0 Å². The zero-order valence-electron chi connectivity index (χ0n) is 28.0. The summed E-state index contributed by atoms with van der Waals surface area (Å²) in [5.74, 6) is 0.869. The van der Waals surface area contributed by atoms with E-state index in [2.05, 4.69) is 160 Å². The van der Waals surface area contributed by atoms with Crippen molar-refractivity contribution in [1.29, 1.82) is 0 Å². The highest BCUT2D eigenvalue weighted by atomic mass is 15.1. The second-order valence-electron chi connectivity index (χ2n) is 13.3. The largest absolute Gasteiger partial charge is 0.309 e. The quantitative estimate of drug-likeness (QED) is 0.188. The third-order valence-electron chi connectivity index (χ3n) is 10.4. The average molecular weight is 664 g/mol. The van der Waals surface area contributed by atoms with Gasteiger partial charge in [-0.3, -0.25) is 14.5 Å². The van der Waals surface area contributed by atoms with Crippen LogP contribution in [-0.2, 0) is 0 Å². The van der Waals surface area contributed by atoms with Gasteiger partial charge in [0, 0.05) is 61.5 Å². The van der Waals surface area contributed by atoms with Crippen molar-refractivity contribution >= 4 is 65.4 Å². The number of fused-ring (bicyclic) bond motifs is 8. The van der Waals surface area contributed by atoms with Gasteiger partial charge in [0.1, 0.15) is 5.82 Å². The standard InChI is InChI=1S/C47H29N5/c1-6-16-40-32(11-1)33(25-26-48-40)41-23-21-30(29-49-41)38-28-47(52-45-19-9-4-14-36(45)37-15-5-10-20-46(37)52)50-42-24-22-31(27-39(38)42)51-43-17-7-2-12-34(43)35-13-3-8-18-44(35)51/h1-29H. The first-order valence-electron chi connectivity index (χ1n) is 17.5. The number of aromatic nitrogens is 5. The van der Waals surface area contributed by atoms with Crippen molar-refractivity contribution in [3.63, 3.8) is 0 Å². The Bertz CT molecular complexity index is 3080. The molecule has 6 aromatic carbocycles. The molecule has 5 heteroatoms. The van der Waals surface area contributed by atoms with Gasteiger partial charge in [-0.05, 0) is 72.3 Å². The fourth-order valence-corrected chi connectivity index (χ4v) is 8.09. The molecule has 0 unspecified atom stereocenters. The van der Waals surface area contributed by atoms with Gasteiger partial charge in [0.25, 0.3) is 0 Å². The minimum atomic E-state index is 0.869. The number of rotatable bonds is 4. The molecular formula is C47H29N5. The van der Waals surface area contributed by atoms with Crippen molar-refractivity contribution < 1.29 is 0 Å². The summed E-state index contributed by atoms with van der Waals surface area (Å²) in [7, 11) is 0. The number of pyridine rings is 3. The van der Waals surface area contributed by atoms with Crippen LogP contribution >= 0.6 is 0 Å². The highest BCUT2D eigenvalue weighted by molar-refractivity contribution is 6.11. The maximum absolute atomic E-state index is 5.38. The van der Waals surface area contributed by atoms with Gasteiger partial charge in [-0.1, -0.05) is 97.1 Å². The Morgan fingerprint density at radius 3 is 1.58 bits per heavy atom. The molecule has 0 aliphatic rings. The fourth-order valence-electron chi connectivity index (χ4n) is 8.09. The third kappa shape index (κ3) is 4.26. The number of nitrogens with zero attached hydrogens (tertiary/aromatic N) is 5. The predicted octanol–water partition coefficient (Wildman–Crippen LogP) is 11.7. The lowest BCUT2D eigenvalue weighted by atomic mass is 10.00. The molecule has 0 radical (unpaired) electrons. The van der Waals surface area contributed by atoms with Crippen LogP contribution in [0.3, 0.4) is 0 Å². The fraction of sp³-hybridized carbons (Fsp3) is 0. The zero-order chi connectivity index (χ0) is 34.2. The lowest BCUT2D eigenvalue weighted by molar-refractivity contribution is 1.10. The van der Waals surface area contributed by atoms with E-state index in [0.29, 0.717) is 0 Å². The Morgan fingerprint density at radius 1 is 0.385 bits per heavy atom. The van der Waals surface area contributed by atoms with E-state index in [1.807, 2.05) is 30.6 Å². The topological polar surface area (TPSA) is 48.5 Å². The zero-order valence-corrected chi connectivity index (χ0v) is 28.0. The van der Waals surface area contributed by atoms with Gasteiger partial charge >= 0.3 is 0 Å². The van der Waals surface area contributed by atoms with E-state index in [1.165, 1.54) is 32.6 Å². The molecule has 0 amide bonds. The molecule has 0 N–H and O–H groups in total. The SMILES string of the molecule is c1ccc2c(-c3ccc(-c4cc(-n5c6ccccc6c6ccccc65)nc5ccc(-n6c7ccccc7c7ccccc76)cc45)cn3)ccnc2c1. The molecule has 5 aromatic heterocycles. The molecule has 52 heavy (non-hydrogen) atoms. The van der Waals surface area contributed by atoms with Crippen LogP contribution in [0.1, 0.15) is 0 Å². The lowest BCUT2D eigenvalue weighted by Gasteiger charge is -2.15. The molecule has 0 aliphatic heterocycles. The minimum absolute atomic E-state index is 0.869. The molecule has 0 saturated heterocycles. The van der Waals surface area contributed by atoms with Crippen LogP contribution in [0.15, 0.2) is 176 Å². The molecule has 0 fully saturated rings. The van der Waals surface area contributed by atoms with Crippen molar-refractivity contribution in [3.05, 3.63) is 176 Å². The van der Waals surface area contributed by atoms with Crippen LogP contribution in [0.25, 0.3) is 99.3 Å². The summed E-state index contributed by atoms with van der Waals surface area (Å²) in [6, 6.07) is 57.9. The Hall–Kier alpha value is -7.11. The molecule has 5 nitrogen and oxygen atoms in total. The summed E-state index contributed by atoms with van der Waals surface area (Å²) in [5, 5.41) is 7.04. The van der Waals surface area contributed by atoms with Crippen molar-refractivity contribution in [2.75, 3.05) is 0 Å². The molecule has 5 heterocycles. The molecule has 11 rings (SSSR count). The van der Waals surface area contributed by atoms with E-state index in [-0.39, 0.29) is 0 Å². The van der Waals surface area contributed by atoms with E-state index in [0.717, 1.165) is 66.7 Å². The van der Waals surface area contributed by atoms with E-state index in [1.54, 1.807) is 0 Å². The van der Waals surface area contributed by atoms with Crippen LogP contribution < -0.4 is 0 Å². The van der Waals surface area contributed by atoms with Gasteiger partial charge in [0.2, 0.25) is 0 Å². The average Bonchev–Trinajstić information content (AvgIpc) is 3.73. The second kappa shape index (κ2) is 11.2. The second-order valence-corrected chi connectivity index (χ2v) is 13.3. The maximum Gasteiger partial charge on any atom is 0.138 e. The van der Waals surface area contributed by atoms with Gasteiger partial charge in [0.05, 0.1) is 38.8 Å². The van der Waals surface area contributed by atoms with Gasteiger partial charge in [0.15, 0.2) is 0 Å². The summed E-state index contributed by atoms with van der Waals surface area (Å²) in [6.45, 7) is 0. The molecule has 0 spiro atoms. The van der Waals surface area contributed by atoms with Gasteiger partial charge in [-0.15, -0.1) is 0 Å². The summed E-state index contributed by atoms with van der Waals surface area (Å²) < 4.78 is 4.66. The lowest BCUT2D eigenvalue weighted by Crippen LogP contribution is -2.01. The smallest absolute Gasteiger partial charge is 0.138 e. The number of hydrogen-bond acceptors (Lipinski definition) is 3. The van der Waals surface area contributed by atoms with Crippen molar-refractivity contribution in [2.24, 2.45) is 0 Å². The summed E-state index contributed by atoms with van der Waals surface area (Å²) in [4.78, 5) is 15.0. The van der Waals surface area contributed by atoms with Gasteiger partial charge < -0.3 is 4.57 Å². The van der Waals surface area contributed by atoms with E-state index < -0.39 is 0 Å². The van der Waals surface area contributed by atoms with Gasteiger partial charge in [-0.25, -0.2) is 4.98 Å². The number of para-hydroxylation sites is 5. The van der Waals surface area contributed by atoms with E-state index in [9.17, 15) is 0 Å². The summed E-state index contributed by atoms with van der Waals surface area (Å²) in [5.41, 5.74) is 11.6. The highest BCUT2D eigenvalue weighted by Crippen LogP contribution is 2.38. The molecule has 0 aliphatic carbocycles. The third-order valence-corrected chi connectivity index (χ3v) is 10.4. The first kappa shape index (κ1) is 28.7. The Labute approximate surface area is 298 Å². The normalized spacial score (nSPS) is 11.8. The minimum Gasteiger partial charge on any atom is -0.309 e. The Kier molecular flexibility index (Phi) is 6.18. The summed E-state index contributed by atoms with van der Waals surface area (Å²) >= 11 is 0. The molecule has 242 valence electrons. The number of benzene rings is 6. The molecule has 0 bridgehead atoms. The van der Waals surface area contributed by atoms with Crippen molar-refractivity contribution in [3.8, 4) is 33.9 Å². The van der Waals surface area contributed by atoms with Crippen LogP contribution in [0.4, 0.5) is 0 Å². The monoisotopic (exact) mass is 663 g/mol. The Morgan fingerprint density at radius 2 is 0.962 bits per heavy atom. The first-order chi connectivity index (χ1) is 25.8. The highest BCUT2D eigenvalue weighted by Gasteiger charge is 2.18. The summed E-state index contributed by atoms with van der Waals surface area (Å²) in [6.07, 6.45) is 3.86. The first-order valence-corrected chi connectivity index (χ1v) is 17.5. The van der Waals surface area contributed by atoms with Crippen molar-refractivity contribution in [1.82, 2.24) is 24.1 Å². The van der Waals surface area contributed by atoms with Gasteiger partial charge in [-0.2, -0.15) is 0 Å². The van der Waals surface area contributed by atoms with E-state index >= 15 is 0 Å². The van der Waals surface area contributed by atoms with Crippen molar-refractivity contribution in [2.45, 2.75) is 0 Å². The van der Waals surface area contributed by atoms with E-state index in [4.69, 9.17) is 9.97 Å². The molecule has 0 saturated carbocycles. The number of hydrogen-bond donors (Lipinski definition) is 0. The predicted molar refractivity (Wildman–Crippen MR) is 214 cm³/mol. The molecule has 0 atom stereocenters. The van der Waals surface area contributed by atoms with Crippen LogP contribution in [0, 0.1) is 0 Å². The maximum atomic E-state index is 5.38. The Balaban J connectivity index is 1.17. The van der Waals surface area contributed by atoms with Crippen LogP contribution in [-0.4, -0.2) is 24.1 Å². The molecule has 11 aromatic rings. The van der Waals surface area contributed by atoms with Crippen LogP contribution in [0.2, 0.25) is 0 Å².